The summed E-state index contributed by atoms with van der Waals surface area (Å²) in [4.78, 5) is 2.63. The van der Waals surface area contributed by atoms with Gasteiger partial charge in [0, 0.05) is 26.2 Å². The summed E-state index contributed by atoms with van der Waals surface area (Å²) in [7, 11) is 0. The Morgan fingerprint density at radius 2 is 0.923 bits per heavy atom. The third kappa shape index (κ3) is 18.9. The molecule has 4 N–H and O–H groups in total. The Balaban J connectivity index is 0. The second-order valence-electron chi connectivity index (χ2n) is 7.89. The molecule has 0 unspecified atom stereocenters. The van der Waals surface area contributed by atoms with Gasteiger partial charge in [-0.1, -0.05) is 103 Å². The van der Waals surface area contributed by atoms with E-state index >= 15 is 0 Å². The molecule has 0 radical (unpaired) electrons. The molecule has 160 valence electrons. The van der Waals surface area contributed by atoms with E-state index in [1.54, 1.807) is 0 Å². The summed E-state index contributed by atoms with van der Waals surface area (Å²) >= 11 is 0. The van der Waals surface area contributed by atoms with Crippen molar-refractivity contribution in [3.8, 4) is 0 Å². The molecule has 3 nitrogen and oxygen atoms in total. The predicted octanol–water partition coefficient (Wildman–Crippen LogP) is 6.74. The molecule has 1 fully saturated rings. The highest BCUT2D eigenvalue weighted by Crippen LogP contribution is 2.13. The van der Waals surface area contributed by atoms with E-state index in [4.69, 9.17) is 0 Å². The van der Waals surface area contributed by atoms with Crippen LogP contribution in [0.25, 0.3) is 0 Å². The molecule has 1 saturated heterocycles. The van der Waals surface area contributed by atoms with Crippen LogP contribution in [0.1, 0.15) is 110 Å². The molecule has 4 heteroatoms. The predicted molar refractivity (Wildman–Crippen MR) is 121 cm³/mol. The van der Waals surface area contributed by atoms with Gasteiger partial charge in [-0.15, -0.1) is 12.4 Å². The molecule has 0 saturated carbocycles. The number of hydrogen-bond donors (Lipinski definition) is 2. The Kier molecular flexibility index (Phi) is 25.3. The van der Waals surface area contributed by atoms with Crippen LogP contribution in [-0.4, -0.2) is 37.6 Å². The summed E-state index contributed by atoms with van der Waals surface area (Å²) in [5.74, 6) is 0. The monoisotopic (exact) mass is 391 g/mol. The Morgan fingerprint density at radius 3 is 1.31 bits per heavy atom. The third-order valence-corrected chi connectivity index (χ3v) is 5.54. The molecule has 0 aliphatic carbocycles. The molecule has 0 spiro atoms. The maximum absolute atomic E-state index is 3.43. The summed E-state index contributed by atoms with van der Waals surface area (Å²) in [6, 6.07) is 0. The summed E-state index contributed by atoms with van der Waals surface area (Å²) < 4.78 is 0. The van der Waals surface area contributed by atoms with Gasteiger partial charge in [0.2, 0.25) is 0 Å². The Morgan fingerprint density at radius 1 is 0.577 bits per heavy atom. The van der Waals surface area contributed by atoms with Crippen LogP contribution >= 0.6 is 12.4 Å². The zero-order valence-electron chi connectivity index (χ0n) is 17.9. The van der Waals surface area contributed by atoms with Crippen LogP contribution in [-0.2, 0) is 0 Å². The number of nitrogens with zero attached hydrogens (tertiary/aromatic N) is 1. The molecule has 26 heavy (non-hydrogen) atoms. The standard InChI is InChI=1S/C22H46N2.ClH.H3N/c1-2-3-4-5-6-7-8-9-10-11-12-13-14-15-16-17-20-24-21-18-23-19-22-24;;/h23H,2-22H2,1H3;1H;1H3. The summed E-state index contributed by atoms with van der Waals surface area (Å²) in [6.45, 7) is 8.54. The fraction of sp³-hybridized carbons (Fsp3) is 1.00. The van der Waals surface area contributed by atoms with Gasteiger partial charge in [-0.3, -0.25) is 0 Å². The van der Waals surface area contributed by atoms with Crippen LogP contribution in [0, 0.1) is 0 Å². The minimum absolute atomic E-state index is 0. The molecule has 0 aromatic carbocycles. The first-order valence-electron chi connectivity index (χ1n) is 11.4. The smallest absolute Gasteiger partial charge is 0.0107 e. The Hall–Kier alpha value is 0.170. The summed E-state index contributed by atoms with van der Waals surface area (Å²) in [5.41, 5.74) is 0. The van der Waals surface area contributed by atoms with Crippen molar-refractivity contribution < 1.29 is 0 Å². The average Bonchev–Trinajstić information content (AvgIpc) is 2.62. The first kappa shape index (κ1) is 28.4. The molecule has 0 amide bonds. The SMILES string of the molecule is CCCCCCCCCCCCCCCCCCN1CCNCC1.Cl.N. The van der Waals surface area contributed by atoms with E-state index in [1.165, 1.54) is 135 Å². The molecule has 1 aliphatic rings. The third-order valence-electron chi connectivity index (χ3n) is 5.54. The van der Waals surface area contributed by atoms with Gasteiger partial charge in [-0.25, -0.2) is 0 Å². The minimum Gasteiger partial charge on any atom is -0.344 e. The lowest BCUT2D eigenvalue weighted by molar-refractivity contribution is 0.236. The van der Waals surface area contributed by atoms with Crippen LogP contribution < -0.4 is 11.5 Å². The van der Waals surface area contributed by atoms with E-state index in [0.717, 1.165) is 0 Å². The second kappa shape index (κ2) is 23.2. The van der Waals surface area contributed by atoms with Gasteiger partial charge >= 0.3 is 0 Å². The fourth-order valence-electron chi connectivity index (χ4n) is 3.82. The molecule has 1 rings (SSSR count). The van der Waals surface area contributed by atoms with E-state index < -0.39 is 0 Å². The van der Waals surface area contributed by atoms with Gasteiger partial charge in [0.05, 0.1) is 0 Å². The molecule has 0 atom stereocenters. The largest absolute Gasteiger partial charge is 0.344 e. The highest BCUT2D eigenvalue weighted by Gasteiger charge is 2.07. The average molecular weight is 392 g/mol. The molecule has 0 bridgehead atoms. The van der Waals surface area contributed by atoms with E-state index in [1.807, 2.05) is 0 Å². The fourth-order valence-corrected chi connectivity index (χ4v) is 3.82. The van der Waals surface area contributed by atoms with E-state index in [-0.39, 0.29) is 18.6 Å². The number of hydrogen-bond acceptors (Lipinski definition) is 3. The van der Waals surface area contributed by atoms with Gasteiger partial charge in [-0.2, -0.15) is 0 Å². The maximum Gasteiger partial charge on any atom is 0.0107 e. The lowest BCUT2D eigenvalue weighted by Crippen LogP contribution is -2.43. The van der Waals surface area contributed by atoms with Crippen molar-refractivity contribution in [2.75, 3.05) is 32.7 Å². The van der Waals surface area contributed by atoms with Crippen LogP contribution in [0.2, 0.25) is 0 Å². The number of rotatable bonds is 17. The van der Waals surface area contributed by atoms with Crippen molar-refractivity contribution >= 4 is 12.4 Å². The quantitative estimate of drug-likeness (QED) is 0.270. The van der Waals surface area contributed by atoms with Gasteiger partial charge < -0.3 is 16.4 Å². The number of unbranched alkanes of at least 4 members (excludes halogenated alkanes) is 15. The topological polar surface area (TPSA) is 50.3 Å². The highest BCUT2D eigenvalue weighted by atomic mass is 35.5. The van der Waals surface area contributed by atoms with Crippen molar-refractivity contribution in [3.05, 3.63) is 0 Å². The zero-order valence-corrected chi connectivity index (χ0v) is 18.7. The highest BCUT2D eigenvalue weighted by molar-refractivity contribution is 5.85. The first-order chi connectivity index (χ1) is 11.9. The van der Waals surface area contributed by atoms with Crippen LogP contribution in [0.5, 0.6) is 0 Å². The van der Waals surface area contributed by atoms with E-state index in [0.29, 0.717) is 0 Å². The van der Waals surface area contributed by atoms with Crippen molar-refractivity contribution in [2.24, 2.45) is 0 Å². The molecular weight excluding hydrogens is 342 g/mol. The molecular formula is C22H50ClN3. The van der Waals surface area contributed by atoms with Gasteiger partial charge in [-0.05, 0) is 13.0 Å². The lowest BCUT2D eigenvalue weighted by atomic mass is 10.0. The van der Waals surface area contributed by atoms with Gasteiger partial charge in [0.1, 0.15) is 0 Å². The van der Waals surface area contributed by atoms with E-state index in [9.17, 15) is 0 Å². The molecule has 0 aromatic heterocycles. The Bertz CT molecular complexity index is 246. The Labute approximate surface area is 171 Å². The van der Waals surface area contributed by atoms with Gasteiger partial charge in [0.15, 0.2) is 0 Å². The normalized spacial score (nSPS) is 14.7. The number of halogens is 1. The van der Waals surface area contributed by atoms with Crippen molar-refractivity contribution in [2.45, 2.75) is 110 Å². The maximum atomic E-state index is 3.43. The van der Waals surface area contributed by atoms with Crippen LogP contribution in [0.3, 0.4) is 0 Å². The first-order valence-corrected chi connectivity index (χ1v) is 11.4. The van der Waals surface area contributed by atoms with Crippen LogP contribution in [0.15, 0.2) is 0 Å². The number of piperazine rings is 1. The van der Waals surface area contributed by atoms with Gasteiger partial charge in [0.25, 0.3) is 0 Å². The van der Waals surface area contributed by atoms with Crippen LogP contribution in [0.4, 0.5) is 0 Å². The summed E-state index contributed by atoms with van der Waals surface area (Å²) in [6.07, 6.45) is 23.4. The second-order valence-corrected chi connectivity index (χ2v) is 7.89. The minimum atomic E-state index is 0. The zero-order chi connectivity index (χ0) is 17.1. The molecule has 1 heterocycles. The molecule has 0 aromatic rings. The van der Waals surface area contributed by atoms with E-state index in [2.05, 4.69) is 17.1 Å². The van der Waals surface area contributed by atoms with Crippen molar-refractivity contribution in [1.82, 2.24) is 16.4 Å². The number of nitrogens with one attached hydrogen (secondary N) is 1. The van der Waals surface area contributed by atoms with Crippen molar-refractivity contribution in [1.29, 1.82) is 0 Å². The lowest BCUT2D eigenvalue weighted by Gasteiger charge is -2.27. The molecule has 1 aliphatic heterocycles. The van der Waals surface area contributed by atoms with Crippen molar-refractivity contribution in [3.63, 3.8) is 0 Å². The summed E-state index contributed by atoms with van der Waals surface area (Å²) in [5, 5.41) is 3.43.